The van der Waals surface area contributed by atoms with E-state index in [0.717, 1.165) is 13.0 Å². The third-order valence-corrected chi connectivity index (χ3v) is 5.09. The van der Waals surface area contributed by atoms with Crippen molar-refractivity contribution in [2.24, 2.45) is 11.1 Å². The van der Waals surface area contributed by atoms with Crippen LogP contribution in [0.4, 0.5) is 0 Å². The second-order valence-electron chi connectivity index (χ2n) is 5.60. The minimum absolute atomic E-state index is 0.0124. The van der Waals surface area contributed by atoms with Gasteiger partial charge >= 0.3 is 0 Å². The summed E-state index contributed by atoms with van der Waals surface area (Å²) in [5, 5.41) is 0. The first kappa shape index (κ1) is 14.9. The highest BCUT2D eigenvalue weighted by Crippen LogP contribution is 2.64. The molecule has 1 saturated carbocycles. The molecule has 1 heterocycles. The highest BCUT2D eigenvalue weighted by molar-refractivity contribution is 6.53. The van der Waals surface area contributed by atoms with E-state index in [2.05, 4.69) is 0 Å². The molecule has 0 aromatic carbocycles. The van der Waals surface area contributed by atoms with Crippen molar-refractivity contribution in [2.75, 3.05) is 32.7 Å². The largest absolute Gasteiger partial charge is 0.369 e. The van der Waals surface area contributed by atoms with Gasteiger partial charge < -0.3 is 10.6 Å². The number of hydrogen-bond acceptors (Lipinski definition) is 3. The molecule has 1 aliphatic heterocycles. The van der Waals surface area contributed by atoms with Gasteiger partial charge in [0.25, 0.3) is 0 Å². The van der Waals surface area contributed by atoms with Gasteiger partial charge in [-0.3, -0.25) is 14.5 Å². The molecule has 2 rings (SSSR count). The van der Waals surface area contributed by atoms with E-state index in [1.54, 1.807) is 11.8 Å². The zero-order valence-electron chi connectivity index (χ0n) is 11.0. The molecule has 2 N–H and O–H groups in total. The topological polar surface area (TPSA) is 66.6 Å². The van der Waals surface area contributed by atoms with Crippen molar-refractivity contribution >= 4 is 35.0 Å². The lowest BCUT2D eigenvalue weighted by molar-refractivity contribution is -0.136. The summed E-state index contributed by atoms with van der Waals surface area (Å²) in [5.41, 5.74) is 4.53. The monoisotopic (exact) mass is 307 g/mol. The first-order valence-corrected chi connectivity index (χ1v) is 7.20. The summed E-state index contributed by atoms with van der Waals surface area (Å²) < 4.78 is -0.927. The average Bonchev–Trinajstić information content (AvgIpc) is 2.90. The minimum Gasteiger partial charge on any atom is -0.369 e. The molecule has 1 aliphatic carbocycles. The zero-order valence-corrected chi connectivity index (χ0v) is 12.5. The third-order valence-electron chi connectivity index (χ3n) is 3.99. The third kappa shape index (κ3) is 2.98. The van der Waals surface area contributed by atoms with Crippen LogP contribution in [0.3, 0.4) is 0 Å². The van der Waals surface area contributed by atoms with E-state index in [0.29, 0.717) is 26.1 Å². The average molecular weight is 308 g/mol. The number of carbonyl (C=O) groups excluding carboxylic acids is 2. The number of nitrogens with two attached hydrogens (primary N) is 1. The van der Waals surface area contributed by atoms with Gasteiger partial charge in [0.1, 0.15) is 4.33 Å². The molecule has 0 unspecified atom stereocenters. The molecule has 0 aromatic rings. The SMILES string of the molecule is C[C@@]1(C(=O)N2CCCN(CC(N)=O)CC2)CC1(Cl)Cl. The molecular formula is C12H19Cl2N3O2. The van der Waals surface area contributed by atoms with Crippen molar-refractivity contribution in [1.29, 1.82) is 0 Å². The Morgan fingerprint density at radius 2 is 1.84 bits per heavy atom. The summed E-state index contributed by atoms with van der Waals surface area (Å²) in [7, 11) is 0. The minimum atomic E-state index is -0.927. The van der Waals surface area contributed by atoms with Crippen LogP contribution in [0.15, 0.2) is 0 Å². The molecular weight excluding hydrogens is 289 g/mol. The first-order chi connectivity index (χ1) is 8.76. The number of alkyl halides is 2. The lowest BCUT2D eigenvalue weighted by Crippen LogP contribution is -2.41. The van der Waals surface area contributed by atoms with Crippen molar-refractivity contribution in [2.45, 2.75) is 24.1 Å². The Labute approximate surface area is 123 Å². The Morgan fingerprint density at radius 1 is 1.21 bits per heavy atom. The molecule has 2 fully saturated rings. The van der Waals surface area contributed by atoms with E-state index in [1.165, 1.54) is 0 Å². The molecule has 0 aromatic heterocycles. The highest BCUT2D eigenvalue weighted by atomic mass is 35.5. The molecule has 7 heteroatoms. The summed E-state index contributed by atoms with van der Waals surface area (Å²) in [6.45, 7) is 4.74. The van der Waals surface area contributed by atoms with Crippen molar-refractivity contribution in [3.63, 3.8) is 0 Å². The van der Waals surface area contributed by atoms with Gasteiger partial charge in [-0.1, -0.05) is 0 Å². The standard InChI is InChI=1S/C12H19Cl2N3O2/c1-11(8-12(11,13)14)10(19)17-4-2-3-16(5-6-17)7-9(15)18/h2-8H2,1H3,(H2,15,18)/t11-/m0/s1. The van der Waals surface area contributed by atoms with Crippen LogP contribution in [0.1, 0.15) is 19.8 Å². The van der Waals surface area contributed by atoms with Crippen LogP contribution in [0.5, 0.6) is 0 Å². The maximum atomic E-state index is 12.4. The smallest absolute Gasteiger partial charge is 0.231 e. The van der Waals surface area contributed by atoms with Crippen molar-refractivity contribution in [3.8, 4) is 0 Å². The first-order valence-electron chi connectivity index (χ1n) is 6.44. The Morgan fingerprint density at radius 3 is 2.37 bits per heavy atom. The summed E-state index contributed by atoms with van der Waals surface area (Å²) in [5.74, 6) is -0.326. The zero-order chi connectivity index (χ0) is 14.3. The van der Waals surface area contributed by atoms with Crippen LogP contribution in [0.25, 0.3) is 0 Å². The Kier molecular flexibility index (Phi) is 4.00. The van der Waals surface area contributed by atoms with Crippen LogP contribution in [-0.4, -0.2) is 58.7 Å². The molecule has 0 radical (unpaired) electrons. The van der Waals surface area contributed by atoms with Gasteiger partial charge in [-0.05, 0) is 19.8 Å². The lowest BCUT2D eigenvalue weighted by atomic mass is 10.1. The summed E-state index contributed by atoms with van der Waals surface area (Å²) in [6, 6.07) is 0. The predicted octanol–water partition coefficient (Wildman–Crippen LogP) is 0.590. The van der Waals surface area contributed by atoms with Crippen LogP contribution >= 0.6 is 23.2 Å². The van der Waals surface area contributed by atoms with E-state index in [9.17, 15) is 9.59 Å². The van der Waals surface area contributed by atoms with Gasteiger partial charge in [-0.25, -0.2) is 0 Å². The van der Waals surface area contributed by atoms with Crippen molar-refractivity contribution < 1.29 is 9.59 Å². The molecule has 0 bridgehead atoms. The van der Waals surface area contributed by atoms with Crippen LogP contribution in [0.2, 0.25) is 0 Å². The molecule has 2 amide bonds. The van der Waals surface area contributed by atoms with E-state index in [4.69, 9.17) is 28.9 Å². The molecule has 1 atom stereocenters. The fourth-order valence-electron chi connectivity index (χ4n) is 2.53. The van der Waals surface area contributed by atoms with Gasteiger partial charge in [0, 0.05) is 26.2 Å². The molecule has 5 nitrogen and oxygen atoms in total. The molecule has 2 aliphatic rings. The van der Waals surface area contributed by atoms with Crippen LogP contribution in [-0.2, 0) is 9.59 Å². The number of carbonyl (C=O) groups is 2. The number of amides is 2. The van der Waals surface area contributed by atoms with E-state index in [-0.39, 0.29) is 18.4 Å². The Hall–Kier alpha value is -0.520. The van der Waals surface area contributed by atoms with E-state index in [1.807, 2.05) is 4.90 Å². The maximum Gasteiger partial charge on any atom is 0.231 e. The lowest BCUT2D eigenvalue weighted by Gasteiger charge is -2.25. The van der Waals surface area contributed by atoms with Crippen molar-refractivity contribution in [1.82, 2.24) is 9.80 Å². The van der Waals surface area contributed by atoms with Gasteiger partial charge in [0.05, 0.1) is 12.0 Å². The second kappa shape index (κ2) is 5.11. The Balaban J connectivity index is 1.93. The van der Waals surface area contributed by atoms with Gasteiger partial charge in [0.2, 0.25) is 11.8 Å². The number of hydrogen-bond donors (Lipinski definition) is 1. The molecule has 19 heavy (non-hydrogen) atoms. The molecule has 108 valence electrons. The maximum absolute atomic E-state index is 12.4. The fraction of sp³-hybridized carbons (Fsp3) is 0.833. The Bertz CT molecular complexity index is 402. The fourth-order valence-corrected chi connectivity index (χ4v) is 3.23. The predicted molar refractivity (Wildman–Crippen MR) is 74.0 cm³/mol. The highest BCUT2D eigenvalue weighted by Gasteiger charge is 2.68. The summed E-state index contributed by atoms with van der Waals surface area (Å²) in [6.07, 6.45) is 1.33. The summed E-state index contributed by atoms with van der Waals surface area (Å²) in [4.78, 5) is 27.1. The number of nitrogens with zero attached hydrogens (tertiary/aromatic N) is 2. The number of primary amides is 1. The quantitative estimate of drug-likeness (QED) is 0.776. The molecule has 0 spiro atoms. The summed E-state index contributed by atoms with van der Waals surface area (Å²) >= 11 is 12.1. The number of halogens is 2. The molecule has 1 saturated heterocycles. The normalized spacial score (nSPS) is 30.8. The van der Waals surface area contributed by atoms with Crippen LogP contribution in [0, 0.1) is 5.41 Å². The van der Waals surface area contributed by atoms with Gasteiger partial charge in [0.15, 0.2) is 0 Å². The van der Waals surface area contributed by atoms with Gasteiger partial charge in [-0.2, -0.15) is 0 Å². The van der Waals surface area contributed by atoms with E-state index >= 15 is 0 Å². The van der Waals surface area contributed by atoms with E-state index < -0.39 is 9.75 Å². The van der Waals surface area contributed by atoms with Gasteiger partial charge in [-0.15, -0.1) is 23.2 Å². The van der Waals surface area contributed by atoms with Crippen molar-refractivity contribution in [3.05, 3.63) is 0 Å². The van der Waals surface area contributed by atoms with Crippen LogP contribution < -0.4 is 5.73 Å². The second-order valence-corrected chi connectivity index (χ2v) is 7.09. The number of rotatable bonds is 3.